The van der Waals surface area contributed by atoms with Gasteiger partial charge in [-0.3, -0.25) is 4.79 Å². The van der Waals surface area contributed by atoms with Crippen LogP contribution in [0.1, 0.15) is 34.9 Å². The quantitative estimate of drug-likeness (QED) is 0.573. The van der Waals surface area contributed by atoms with Crippen LogP contribution in [0.15, 0.2) is 41.4 Å². The number of aromatic nitrogens is 3. The number of imidazole rings is 1. The normalized spacial score (nSPS) is 23.2. The van der Waals surface area contributed by atoms with Gasteiger partial charge in [0.25, 0.3) is 5.91 Å². The average Bonchev–Trinajstić information content (AvgIpc) is 3.52. The number of carbonyl (C=O) groups excluding carboxylic acids is 1. The summed E-state index contributed by atoms with van der Waals surface area (Å²) in [6.45, 7) is 1.76. The van der Waals surface area contributed by atoms with Crippen molar-refractivity contribution >= 4 is 29.1 Å². The zero-order valence-electron chi connectivity index (χ0n) is 17.6. The maximum atomic E-state index is 14.5. The summed E-state index contributed by atoms with van der Waals surface area (Å²) in [5, 5.41) is 10.8. The number of anilines is 1. The fraction of sp³-hybridized carbons (Fsp3) is 0.409. The molecule has 0 aliphatic carbocycles. The fourth-order valence-electron chi connectivity index (χ4n) is 4.46. The second kappa shape index (κ2) is 8.67. The Morgan fingerprint density at radius 1 is 1.31 bits per heavy atom. The molecule has 1 aromatic carbocycles. The molecule has 0 radical (unpaired) electrons. The molecule has 2 fully saturated rings. The second-order valence-corrected chi connectivity index (χ2v) is 9.07. The van der Waals surface area contributed by atoms with Crippen LogP contribution in [0.3, 0.4) is 0 Å². The van der Waals surface area contributed by atoms with Gasteiger partial charge in [0.05, 0.1) is 18.8 Å². The van der Waals surface area contributed by atoms with Crippen LogP contribution < -0.4 is 15.5 Å². The number of amides is 1. The topological polar surface area (TPSA) is 74.6 Å². The highest BCUT2D eigenvalue weighted by atomic mass is 32.2. The Bertz CT molecular complexity index is 1150. The minimum Gasteiger partial charge on any atom is -0.347 e. The first-order chi connectivity index (χ1) is 15.5. The van der Waals surface area contributed by atoms with Gasteiger partial charge in [0.15, 0.2) is 11.3 Å². The second-order valence-electron chi connectivity index (χ2n) is 8.19. The van der Waals surface area contributed by atoms with E-state index in [1.54, 1.807) is 12.1 Å². The number of alkyl halides is 1. The van der Waals surface area contributed by atoms with Crippen molar-refractivity contribution in [2.75, 3.05) is 30.8 Å². The number of hydrogen-bond donors (Lipinski definition) is 2. The van der Waals surface area contributed by atoms with Gasteiger partial charge >= 0.3 is 0 Å². The van der Waals surface area contributed by atoms with Crippen molar-refractivity contribution in [2.24, 2.45) is 0 Å². The summed E-state index contributed by atoms with van der Waals surface area (Å²) < 4.78 is 30.2. The number of benzene rings is 1. The Labute approximate surface area is 188 Å². The number of rotatable bonds is 5. The van der Waals surface area contributed by atoms with Crippen LogP contribution >= 0.6 is 11.8 Å². The van der Waals surface area contributed by atoms with Crippen LogP contribution in [0, 0.1) is 5.82 Å². The minimum absolute atomic E-state index is 0.0742. The van der Waals surface area contributed by atoms with Crippen molar-refractivity contribution in [1.82, 2.24) is 25.2 Å². The lowest BCUT2D eigenvalue weighted by Gasteiger charge is -2.26. The molecule has 10 heteroatoms. The van der Waals surface area contributed by atoms with Gasteiger partial charge in [-0.2, -0.15) is 0 Å². The molecule has 3 aromatic rings. The van der Waals surface area contributed by atoms with E-state index in [0.717, 1.165) is 24.4 Å². The smallest absolute Gasteiger partial charge is 0.271 e. The number of nitrogens with one attached hydrogen (secondary N) is 2. The standard InChI is InChI=1S/C22H24F2N6OS/c1-32-17-7-13(6-14(23)8-17)18-9-15(24)12-29(18)21-3-2-20-26-11-19(30(20)28-21)22(31)27-16-4-5-25-10-16/h2-3,6-8,11,15-16,18,25H,4-5,9-10,12H2,1H3,(H,27,31)/t15-,16+,18+/m0/s1. The van der Waals surface area contributed by atoms with Crippen molar-refractivity contribution in [1.29, 1.82) is 0 Å². The number of halogens is 2. The Balaban J connectivity index is 1.47. The van der Waals surface area contributed by atoms with E-state index in [4.69, 9.17) is 0 Å². The largest absolute Gasteiger partial charge is 0.347 e. The van der Waals surface area contributed by atoms with Gasteiger partial charge in [0, 0.05) is 23.9 Å². The van der Waals surface area contributed by atoms with Crippen LogP contribution in [-0.4, -0.2) is 58.6 Å². The van der Waals surface area contributed by atoms with Crippen molar-refractivity contribution in [2.45, 2.75) is 36.0 Å². The third-order valence-corrected chi connectivity index (χ3v) is 6.74. The van der Waals surface area contributed by atoms with Gasteiger partial charge in [0.1, 0.15) is 17.8 Å². The Morgan fingerprint density at radius 2 is 2.19 bits per heavy atom. The summed E-state index contributed by atoms with van der Waals surface area (Å²) in [6.07, 6.45) is 3.45. The number of thioether (sulfide) groups is 1. The number of carbonyl (C=O) groups is 1. The molecule has 0 saturated carbocycles. The molecule has 0 unspecified atom stereocenters. The van der Waals surface area contributed by atoms with Crippen molar-refractivity contribution < 1.29 is 13.6 Å². The molecule has 7 nitrogen and oxygen atoms in total. The van der Waals surface area contributed by atoms with E-state index in [-0.39, 0.29) is 36.8 Å². The van der Waals surface area contributed by atoms with Crippen LogP contribution in [0.5, 0.6) is 0 Å². The van der Waals surface area contributed by atoms with Crippen LogP contribution in [0.4, 0.5) is 14.6 Å². The molecule has 2 aromatic heterocycles. The zero-order valence-corrected chi connectivity index (χ0v) is 18.4. The van der Waals surface area contributed by atoms with E-state index in [9.17, 15) is 13.6 Å². The number of fused-ring (bicyclic) bond motifs is 1. The third-order valence-electron chi connectivity index (χ3n) is 6.03. The summed E-state index contributed by atoms with van der Waals surface area (Å²) in [5.41, 5.74) is 1.58. The highest BCUT2D eigenvalue weighted by molar-refractivity contribution is 7.98. The molecule has 1 amide bonds. The predicted molar refractivity (Wildman–Crippen MR) is 120 cm³/mol. The van der Waals surface area contributed by atoms with Gasteiger partial charge in [0.2, 0.25) is 0 Å². The molecule has 0 bridgehead atoms. The van der Waals surface area contributed by atoms with Gasteiger partial charge in [-0.05, 0) is 55.1 Å². The summed E-state index contributed by atoms with van der Waals surface area (Å²) in [4.78, 5) is 19.7. The molecule has 2 aliphatic heterocycles. The molecule has 4 heterocycles. The maximum absolute atomic E-state index is 14.5. The average molecular weight is 459 g/mol. The Kier molecular flexibility index (Phi) is 5.73. The molecule has 2 N–H and O–H groups in total. The molecular formula is C22H24F2N6OS. The van der Waals surface area contributed by atoms with Gasteiger partial charge in [-0.25, -0.2) is 18.3 Å². The maximum Gasteiger partial charge on any atom is 0.271 e. The third kappa shape index (κ3) is 4.04. The summed E-state index contributed by atoms with van der Waals surface area (Å²) in [5.74, 6) is -0.0633. The summed E-state index contributed by atoms with van der Waals surface area (Å²) in [7, 11) is 0. The molecule has 168 valence electrons. The molecule has 0 spiro atoms. The minimum atomic E-state index is -1.06. The van der Waals surface area contributed by atoms with E-state index >= 15 is 0 Å². The highest BCUT2D eigenvalue weighted by Crippen LogP contribution is 2.38. The van der Waals surface area contributed by atoms with E-state index < -0.39 is 6.17 Å². The van der Waals surface area contributed by atoms with Crippen molar-refractivity contribution in [3.05, 3.63) is 53.6 Å². The van der Waals surface area contributed by atoms with Crippen LogP contribution in [0.25, 0.3) is 5.65 Å². The van der Waals surface area contributed by atoms with Gasteiger partial charge in [-0.1, -0.05) is 0 Å². The highest BCUT2D eigenvalue weighted by Gasteiger charge is 2.35. The Hall–Kier alpha value is -2.72. The number of hydrogen-bond acceptors (Lipinski definition) is 6. The van der Waals surface area contributed by atoms with E-state index in [1.165, 1.54) is 34.6 Å². The SMILES string of the molecule is CSc1cc(F)cc([C@H]2C[C@H](F)CN2c2ccc3ncc(C(=O)N[C@@H]4CCNC4)n3n2)c1. The van der Waals surface area contributed by atoms with E-state index in [1.807, 2.05) is 17.2 Å². The predicted octanol–water partition coefficient (Wildman–Crippen LogP) is 2.97. The first-order valence-electron chi connectivity index (χ1n) is 10.6. The van der Waals surface area contributed by atoms with Crippen molar-refractivity contribution in [3.63, 3.8) is 0 Å². The van der Waals surface area contributed by atoms with Crippen LogP contribution in [0.2, 0.25) is 0 Å². The lowest BCUT2D eigenvalue weighted by molar-refractivity contribution is 0.0933. The first kappa shape index (κ1) is 21.1. The van der Waals surface area contributed by atoms with E-state index in [0.29, 0.717) is 22.7 Å². The Morgan fingerprint density at radius 3 is 2.97 bits per heavy atom. The van der Waals surface area contributed by atoms with E-state index in [2.05, 4.69) is 20.7 Å². The van der Waals surface area contributed by atoms with Crippen molar-refractivity contribution in [3.8, 4) is 0 Å². The lowest BCUT2D eigenvalue weighted by atomic mass is 10.0. The van der Waals surface area contributed by atoms with Gasteiger partial charge < -0.3 is 15.5 Å². The zero-order chi connectivity index (χ0) is 22.2. The monoisotopic (exact) mass is 458 g/mol. The molecule has 2 saturated heterocycles. The number of nitrogens with zero attached hydrogens (tertiary/aromatic N) is 4. The lowest BCUT2D eigenvalue weighted by Crippen LogP contribution is -2.37. The molecule has 2 aliphatic rings. The molecule has 5 rings (SSSR count). The summed E-state index contributed by atoms with van der Waals surface area (Å²) >= 11 is 1.45. The fourth-order valence-corrected chi connectivity index (χ4v) is 4.94. The molecular weight excluding hydrogens is 434 g/mol. The first-order valence-corrected chi connectivity index (χ1v) is 11.9. The van der Waals surface area contributed by atoms with Gasteiger partial charge in [-0.15, -0.1) is 16.9 Å². The molecule has 3 atom stereocenters. The van der Waals surface area contributed by atoms with Crippen LogP contribution in [-0.2, 0) is 0 Å². The molecule has 32 heavy (non-hydrogen) atoms. The summed E-state index contributed by atoms with van der Waals surface area (Å²) in [6, 6.07) is 8.09.